The van der Waals surface area contributed by atoms with Gasteiger partial charge in [-0.2, -0.15) is 0 Å². The Hall–Kier alpha value is -2.74. The SMILES string of the molecule is Cc1ncoc1C(=O)N1CCCC2(C1)CN(c1cccc(F)c1)C(=O)CO2. The average molecular weight is 373 g/mol. The van der Waals surface area contributed by atoms with Crippen molar-refractivity contribution in [2.45, 2.75) is 25.4 Å². The fraction of sp³-hybridized carbons (Fsp3) is 0.421. The Bertz CT molecular complexity index is 883. The highest BCUT2D eigenvalue weighted by Gasteiger charge is 2.45. The van der Waals surface area contributed by atoms with Crippen LogP contribution in [-0.2, 0) is 9.53 Å². The third-order valence-corrected chi connectivity index (χ3v) is 5.14. The topological polar surface area (TPSA) is 75.9 Å². The number of morpholine rings is 1. The molecule has 1 atom stereocenters. The van der Waals surface area contributed by atoms with E-state index >= 15 is 0 Å². The van der Waals surface area contributed by atoms with Gasteiger partial charge in [0.05, 0.1) is 18.8 Å². The van der Waals surface area contributed by atoms with Crippen LogP contribution in [0.2, 0.25) is 0 Å². The first-order valence-electron chi connectivity index (χ1n) is 8.87. The van der Waals surface area contributed by atoms with Crippen LogP contribution in [0.5, 0.6) is 0 Å². The molecule has 4 rings (SSSR count). The molecule has 7 nitrogen and oxygen atoms in total. The molecule has 0 bridgehead atoms. The van der Waals surface area contributed by atoms with Crippen molar-refractivity contribution in [2.24, 2.45) is 0 Å². The van der Waals surface area contributed by atoms with Crippen molar-refractivity contribution in [3.05, 3.63) is 47.9 Å². The summed E-state index contributed by atoms with van der Waals surface area (Å²) in [6.07, 6.45) is 2.71. The number of carbonyl (C=O) groups excluding carboxylic acids is 2. The molecule has 1 aromatic carbocycles. The van der Waals surface area contributed by atoms with Crippen LogP contribution in [0, 0.1) is 12.7 Å². The molecule has 27 heavy (non-hydrogen) atoms. The van der Waals surface area contributed by atoms with Crippen molar-refractivity contribution in [2.75, 3.05) is 31.1 Å². The highest BCUT2D eigenvalue weighted by Crippen LogP contribution is 2.32. The summed E-state index contributed by atoms with van der Waals surface area (Å²) in [6.45, 7) is 2.81. The minimum atomic E-state index is -0.679. The smallest absolute Gasteiger partial charge is 0.291 e. The third kappa shape index (κ3) is 3.32. The summed E-state index contributed by atoms with van der Waals surface area (Å²) >= 11 is 0. The van der Waals surface area contributed by atoms with E-state index in [2.05, 4.69) is 4.98 Å². The van der Waals surface area contributed by atoms with Gasteiger partial charge in [0.1, 0.15) is 18.0 Å². The monoisotopic (exact) mass is 373 g/mol. The van der Waals surface area contributed by atoms with E-state index in [1.807, 2.05) is 0 Å². The fourth-order valence-electron chi connectivity index (χ4n) is 3.76. The number of ether oxygens (including phenoxy) is 1. The lowest BCUT2D eigenvalue weighted by Crippen LogP contribution is -2.62. The minimum Gasteiger partial charge on any atom is -0.438 e. The highest BCUT2D eigenvalue weighted by molar-refractivity contribution is 5.95. The maximum Gasteiger partial charge on any atom is 0.291 e. The van der Waals surface area contributed by atoms with Crippen molar-refractivity contribution in [3.63, 3.8) is 0 Å². The normalized spacial score (nSPS) is 23.1. The zero-order valence-electron chi connectivity index (χ0n) is 15.0. The minimum absolute atomic E-state index is 0.0973. The van der Waals surface area contributed by atoms with Gasteiger partial charge in [0.2, 0.25) is 5.76 Å². The second-order valence-electron chi connectivity index (χ2n) is 7.03. The summed E-state index contributed by atoms with van der Waals surface area (Å²) in [4.78, 5) is 32.3. The Morgan fingerprint density at radius 2 is 2.19 bits per heavy atom. The van der Waals surface area contributed by atoms with Crippen molar-refractivity contribution in [1.29, 1.82) is 0 Å². The lowest BCUT2D eigenvalue weighted by atomic mass is 9.90. The molecule has 142 valence electrons. The Balaban J connectivity index is 1.56. The predicted molar refractivity (Wildman–Crippen MR) is 93.8 cm³/mol. The molecule has 3 heterocycles. The fourth-order valence-corrected chi connectivity index (χ4v) is 3.76. The van der Waals surface area contributed by atoms with E-state index in [-0.39, 0.29) is 30.7 Å². The van der Waals surface area contributed by atoms with E-state index in [4.69, 9.17) is 9.15 Å². The van der Waals surface area contributed by atoms with Gasteiger partial charge in [-0.1, -0.05) is 6.07 Å². The largest absolute Gasteiger partial charge is 0.438 e. The first-order chi connectivity index (χ1) is 13.0. The second-order valence-corrected chi connectivity index (χ2v) is 7.03. The van der Waals surface area contributed by atoms with Crippen LogP contribution < -0.4 is 4.90 Å². The molecule has 2 aliphatic heterocycles. The van der Waals surface area contributed by atoms with E-state index in [0.717, 1.165) is 6.42 Å². The molecular formula is C19H20FN3O4. The van der Waals surface area contributed by atoms with Crippen LogP contribution in [0.3, 0.4) is 0 Å². The number of aryl methyl sites for hydroxylation is 1. The number of oxazole rings is 1. The Morgan fingerprint density at radius 1 is 1.33 bits per heavy atom. The standard InChI is InChI=1S/C19H20FN3O4/c1-13-17(26-12-21-13)18(25)22-7-3-6-19(10-22)11-23(16(24)9-27-19)15-5-2-4-14(20)8-15/h2,4-5,8,12H,3,6-7,9-11H2,1H3. The number of hydrogen-bond acceptors (Lipinski definition) is 5. The number of benzene rings is 1. The number of nitrogens with zero attached hydrogens (tertiary/aromatic N) is 3. The van der Waals surface area contributed by atoms with E-state index in [1.165, 1.54) is 18.5 Å². The third-order valence-electron chi connectivity index (χ3n) is 5.14. The number of halogens is 1. The molecule has 1 unspecified atom stereocenters. The number of hydrogen-bond donors (Lipinski definition) is 0. The number of likely N-dealkylation sites (tertiary alicyclic amines) is 1. The molecule has 2 fully saturated rings. The zero-order valence-corrected chi connectivity index (χ0v) is 15.0. The van der Waals surface area contributed by atoms with E-state index in [9.17, 15) is 14.0 Å². The molecule has 0 saturated carbocycles. The van der Waals surface area contributed by atoms with Gasteiger partial charge >= 0.3 is 0 Å². The number of anilines is 1. The predicted octanol–water partition coefficient (Wildman–Crippen LogP) is 2.16. The van der Waals surface area contributed by atoms with Gasteiger partial charge in [0.15, 0.2) is 6.39 Å². The summed E-state index contributed by atoms with van der Waals surface area (Å²) in [5, 5.41) is 0. The maximum atomic E-state index is 13.6. The van der Waals surface area contributed by atoms with E-state index < -0.39 is 11.4 Å². The summed E-state index contributed by atoms with van der Waals surface area (Å²) in [6, 6.07) is 5.94. The number of rotatable bonds is 2. The summed E-state index contributed by atoms with van der Waals surface area (Å²) < 4.78 is 24.7. The van der Waals surface area contributed by atoms with Crippen molar-refractivity contribution in [1.82, 2.24) is 9.88 Å². The summed E-state index contributed by atoms with van der Waals surface area (Å²) in [5.74, 6) is -0.634. The van der Waals surface area contributed by atoms with Crippen molar-refractivity contribution < 1.29 is 23.1 Å². The van der Waals surface area contributed by atoms with Crippen LogP contribution in [-0.4, -0.2) is 53.5 Å². The first kappa shape index (κ1) is 17.7. The van der Waals surface area contributed by atoms with Gasteiger partial charge in [-0.25, -0.2) is 9.37 Å². The van der Waals surface area contributed by atoms with E-state index in [0.29, 0.717) is 30.9 Å². The van der Waals surface area contributed by atoms with Gasteiger partial charge in [0.25, 0.3) is 11.8 Å². The molecule has 1 spiro atoms. The van der Waals surface area contributed by atoms with Crippen molar-refractivity contribution in [3.8, 4) is 0 Å². The zero-order chi connectivity index (χ0) is 19.0. The highest BCUT2D eigenvalue weighted by atomic mass is 19.1. The molecule has 2 aliphatic rings. The van der Waals surface area contributed by atoms with Crippen LogP contribution >= 0.6 is 0 Å². The number of piperidine rings is 1. The second kappa shape index (κ2) is 6.77. The van der Waals surface area contributed by atoms with Crippen LogP contribution in [0.4, 0.5) is 10.1 Å². The van der Waals surface area contributed by atoms with Crippen LogP contribution in [0.25, 0.3) is 0 Å². The first-order valence-corrected chi connectivity index (χ1v) is 8.87. The molecule has 2 aromatic rings. The molecule has 0 N–H and O–H groups in total. The molecular weight excluding hydrogens is 353 g/mol. The van der Waals surface area contributed by atoms with Gasteiger partial charge in [-0.05, 0) is 38.0 Å². The van der Waals surface area contributed by atoms with Crippen molar-refractivity contribution >= 4 is 17.5 Å². The lowest BCUT2D eigenvalue weighted by molar-refractivity contribution is -0.144. The molecule has 1 aromatic heterocycles. The molecule has 0 radical (unpaired) electrons. The lowest BCUT2D eigenvalue weighted by Gasteiger charge is -2.47. The number of amides is 2. The Labute approximate surface area is 155 Å². The Morgan fingerprint density at radius 3 is 2.93 bits per heavy atom. The summed E-state index contributed by atoms with van der Waals surface area (Å²) in [5.41, 5.74) is 0.361. The average Bonchev–Trinajstić information content (AvgIpc) is 3.09. The molecule has 0 aliphatic carbocycles. The number of aromatic nitrogens is 1. The van der Waals surface area contributed by atoms with Gasteiger partial charge in [-0.15, -0.1) is 0 Å². The molecule has 2 amide bonds. The van der Waals surface area contributed by atoms with E-state index in [1.54, 1.807) is 28.9 Å². The quantitative estimate of drug-likeness (QED) is 0.806. The summed E-state index contributed by atoms with van der Waals surface area (Å²) in [7, 11) is 0. The maximum absolute atomic E-state index is 13.6. The molecule has 2 saturated heterocycles. The Kier molecular flexibility index (Phi) is 4.43. The van der Waals surface area contributed by atoms with Gasteiger partial charge < -0.3 is 19.0 Å². The number of carbonyl (C=O) groups is 2. The van der Waals surface area contributed by atoms with Crippen LogP contribution in [0.1, 0.15) is 29.1 Å². The van der Waals surface area contributed by atoms with Crippen LogP contribution in [0.15, 0.2) is 35.1 Å². The molecule has 8 heteroatoms. The van der Waals surface area contributed by atoms with Gasteiger partial charge in [0, 0.05) is 12.2 Å². The van der Waals surface area contributed by atoms with Gasteiger partial charge in [-0.3, -0.25) is 9.59 Å².